The second-order valence-corrected chi connectivity index (χ2v) is 4.54. The van der Waals surface area contributed by atoms with Crippen LogP contribution < -0.4 is 10.8 Å². The van der Waals surface area contributed by atoms with E-state index in [0.29, 0.717) is 6.54 Å². The fourth-order valence-corrected chi connectivity index (χ4v) is 2.56. The van der Waals surface area contributed by atoms with Crippen LogP contribution in [0, 0.1) is 0 Å². The largest absolute Gasteiger partial charge is 0.338 e. The van der Waals surface area contributed by atoms with Crippen LogP contribution in [-0.4, -0.2) is 17.8 Å². The van der Waals surface area contributed by atoms with Gasteiger partial charge < -0.3 is 5.32 Å². The molecule has 0 unspecified atom stereocenters. The molecule has 5 heteroatoms. The monoisotopic (exact) mass is 236 g/mol. The van der Waals surface area contributed by atoms with Gasteiger partial charge in [0.1, 0.15) is 0 Å². The zero-order chi connectivity index (χ0) is 11.4. The summed E-state index contributed by atoms with van der Waals surface area (Å²) in [4.78, 5) is 11.9. The normalized spacial score (nSPS) is 10.3. The fraction of sp³-hybridized carbons (Fsp3) is 0.182. The minimum absolute atomic E-state index is 0.513. The summed E-state index contributed by atoms with van der Waals surface area (Å²) < 4.78 is 1.25. The van der Waals surface area contributed by atoms with Crippen molar-refractivity contribution in [2.75, 3.05) is 6.54 Å². The van der Waals surface area contributed by atoms with Gasteiger partial charge in [0.2, 0.25) is 0 Å². The molecule has 0 fully saturated rings. The Bertz CT molecular complexity index is 462. The maximum Gasteiger partial charge on any atom is 0.338 e. The summed E-state index contributed by atoms with van der Waals surface area (Å²) in [5.41, 5.74) is 1.53. The maximum atomic E-state index is 10.7. The van der Waals surface area contributed by atoms with E-state index < -0.39 is 6.03 Å². The summed E-state index contributed by atoms with van der Waals surface area (Å²) in [5, 5.41) is 12.0. The van der Waals surface area contributed by atoms with Crippen molar-refractivity contribution in [1.29, 1.82) is 0 Å². The molecule has 84 valence electrons. The van der Waals surface area contributed by atoms with E-state index >= 15 is 0 Å². The second kappa shape index (κ2) is 4.96. The first-order valence-electron chi connectivity index (χ1n) is 4.95. The molecule has 0 radical (unpaired) electrons. The summed E-state index contributed by atoms with van der Waals surface area (Å²) in [6.07, 6.45) is 0.771. The van der Waals surface area contributed by atoms with Gasteiger partial charge in [0, 0.05) is 16.1 Å². The molecule has 1 heterocycles. The molecule has 1 aromatic heterocycles. The van der Waals surface area contributed by atoms with Crippen molar-refractivity contribution >= 4 is 27.5 Å². The average molecular weight is 236 g/mol. The predicted molar refractivity (Wildman–Crippen MR) is 63.8 cm³/mol. The number of urea groups is 1. The highest BCUT2D eigenvalue weighted by atomic mass is 32.1. The SMILES string of the molecule is O=C(NO)NCCc1cc2ccccc2s1. The quantitative estimate of drug-likeness (QED) is 0.564. The van der Waals surface area contributed by atoms with Crippen LogP contribution in [0.1, 0.15) is 4.88 Å². The van der Waals surface area contributed by atoms with Crippen molar-refractivity contribution in [1.82, 2.24) is 10.8 Å². The van der Waals surface area contributed by atoms with Gasteiger partial charge in [-0.2, -0.15) is 0 Å². The highest BCUT2D eigenvalue weighted by Crippen LogP contribution is 2.25. The van der Waals surface area contributed by atoms with Crippen molar-refractivity contribution < 1.29 is 10.0 Å². The van der Waals surface area contributed by atoms with Crippen molar-refractivity contribution in [3.8, 4) is 0 Å². The van der Waals surface area contributed by atoms with Crippen LogP contribution >= 0.6 is 11.3 Å². The van der Waals surface area contributed by atoms with Gasteiger partial charge in [0.15, 0.2) is 0 Å². The molecular formula is C11H12N2O2S. The van der Waals surface area contributed by atoms with Gasteiger partial charge in [-0.3, -0.25) is 5.21 Å². The highest BCUT2D eigenvalue weighted by molar-refractivity contribution is 7.19. The van der Waals surface area contributed by atoms with E-state index in [1.54, 1.807) is 11.3 Å². The van der Waals surface area contributed by atoms with Gasteiger partial charge in [-0.25, -0.2) is 10.3 Å². The molecule has 0 saturated carbocycles. The van der Waals surface area contributed by atoms with E-state index in [-0.39, 0.29) is 0 Å². The van der Waals surface area contributed by atoms with Gasteiger partial charge in [-0.15, -0.1) is 11.3 Å². The molecule has 3 N–H and O–H groups in total. The molecule has 0 bridgehead atoms. The third-order valence-electron chi connectivity index (χ3n) is 2.24. The maximum absolute atomic E-state index is 10.7. The van der Waals surface area contributed by atoms with E-state index in [0.717, 1.165) is 6.42 Å². The Morgan fingerprint density at radius 1 is 1.38 bits per heavy atom. The molecule has 4 nitrogen and oxygen atoms in total. The Balaban J connectivity index is 1.97. The third kappa shape index (κ3) is 2.50. The molecule has 1 aromatic carbocycles. The molecule has 0 aliphatic carbocycles. The van der Waals surface area contributed by atoms with E-state index in [2.05, 4.69) is 23.5 Å². The highest BCUT2D eigenvalue weighted by Gasteiger charge is 2.02. The lowest BCUT2D eigenvalue weighted by atomic mass is 10.2. The van der Waals surface area contributed by atoms with E-state index in [1.807, 2.05) is 12.1 Å². The number of nitrogens with one attached hydrogen (secondary N) is 2. The smallest absolute Gasteiger partial charge is 0.336 e. The lowest BCUT2D eigenvalue weighted by molar-refractivity contribution is 0.162. The molecule has 2 aromatic rings. The number of amides is 2. The van der Waals surface area contributed by atoms with E-state index in [1.165, 1.54) is 20.4 Å². The number of carbonyl (C=O) groups is 1. The first-order chi connectivity index (χ1) is 7.79. The first kappa shape index (κ1) is 10.9. The summed E-state index contributed by atoms with van der Waals surface area (Å²) in [6, 6.07) is 9.73. The Morgan fingerprint density at radius 2 is 2.19 bits per heavy atom. The lowest BCUT2D eigenvalue weighted by Crippen LogP contribution is -2.34. The predicted octanol–water partition coefficient (Wildman–Crippen LogP) is 2.13. The van der Waals surface area contributed by atoms with Crippen LogP contribution in [0.15, 0.2) is 30.3 Å². The number of thiophene rings is 1. The van der Waals surface area contributed by atoms with Crippen molar-refractivity contribution in [3.05, 3.63) is 35.2 Å². The summed E-state index contributed by atoms with van der Waals surface area (Å²) >= 11 is 1.72. The van der Waals surface area contributed by atoms with Gasteiger partial charge in [-0.1, -0.05) is 18.2 Å². The number of hydrogen-bond acceptors (Lipinski definition) is 3. The standard InChI is InChI=1S/C11H12N2O2S/c14-11(13-15)12-6-5-9-7-8-3-1-2-4-10(8)16-9/h1-4,7,15H,5-6H2,(H2,12,13,14). The minimum Gasteiger partial charge on any atom is -0.336 e. The van der Waals surface area contributed by atoms with E-state index in [9.17, 15) is 4.79 Å². The number of hydrogen-bond donors (Lipinski definition) is 3. The van der Waals surface area contributed by atoms with Crippen LogP contribution in [0.3, 0.4) is 0 Å². The molecule has 2 rings (SSSR count). The zero-order valence-electron chi connectivity index (χ0n) is 8.56. The number of carbonyl (C=O) groups excluding carboxylic acids is 1. The summed E-state index contributed by atoms with van der Waals surface area (Å²) in [5.74, 6) is 0. The van der Waals surface area contributed by atoms with E-state index in [4.69, 9.17) is 5.21 Å². The van der Waals surface area contributed by atoms with Crippen LogP contribution in [0.25, 0.3) is 10.1 Å². The number of fused-ring (bicyclic) bond motifs is 1. The van der Waals surface area contributed by atoms with Gasteiger partial charge >= 0.3 is 6.03 Å². The van der Waals surface area contributed by atoms with Crippen LogP contribution in [0.5, 0.6) is 0 Å². The van der Waals surface area contributed by atoms with Crippen LogP contribution in [-0.2, 0) is 6.42 Å². The summed E-state index contributed by atoms with van der Waals surface area (Å²) in [7, 11) is 0. The fourth-order valence-electron chi connectivity index (χ4n) is 1.50. The molecule has 2 amide bonds. The van der Waals surface area contributed by atoms with Gasteiger partial charge in [-0.05, 0) is 23.9 Å². The number of hydroxylamine groups is 1. The molecule has 0 atom stereocenters. The molecule has 16 heavy (non-hydrogen) atoms. The molecule has 0 aliphatic heterocycles. The Hall–Kier alpha value is -1.59. The Morgan fingerprint density at radius 3 is 2.94 bits per heavy atom. The first-order valence-corrected chi connectivity index (χ1v) is 5.76. The van der Waals surface area contributed by atoms with Crippen molar-refractivity contribution in [2.45, 2.75) is 6.42 Å². The molecule has 0 aliphatic rings. The second-order valence-electron chi connectivity index (χ2n) is 3.37. The van der Waals surface area contributed by atoms with Crippen LogP contribution in [0.2, 0.25) is 0 Å². The molecule has 0 saturated heterocycles. The molecular weight excluding hydrogens is 224 g/mol. The lowest BCUT2D eigenvalue weighted by Gasteiger charge is -2.00. The zero-order valence-corrected chi connectivity index (χ0v) is 9.38. The number of rotatable bonds is 3. The Labute approximate surface area is 96.9 Å². The third-order valence-corrected chi connectivity index (χ3v) is 3.41. The minimum atomic E-state index is -0.568. The average Bonchev–Trinajstić information content (AvgIpc) is 2.71. The topological polar surface area (TPSA) is 61.4 Å². The van der Waals surface area contributed by atoms with Gasteiger partial charge in [0.25, 0.3) is 0 Å². The molecule has 0 spiro atoms. The van der Waals surface area contributed by atoms with Crippen molar-refractivity contribution in [2.24, 2.45) is 0 Å². The van der Waals surface area contributed by atoms with Crippen LogP contribution in [0.4, 0.5) is 4.79 Å². The summed E-state index contributed by atoms with van der Waals surface area (Å²) in [6.45, 7) is 0.513. The Kier molecular flexibility index (Phi) is 3.38. The van der Waals surface area contributed by atoms with Gasteiger partial charge in [0.05, 0.1) is 0 Å². The van der Waals surface area contributed by atoms with Crippen molar-refractivity contribution in [3.63, 3.8) is 0 Å². The number of benzene rings is 1.